The van der Waals surface area contributed by atoms with E-state index in [0.717, 1.165) is 28.4 Å². The van der Waals surface area contributed by atoms with Crippen LogP contribution in [0.1, 0.15) is 0 Å². The van der Waals surface area contributed by atoms with E-state index in [9.17, 15) is 0 Å². The highest BCUT2D eigenvalue weighted by Gasteiger charge is 2.15. The summed E-state index contributed by atoms with van der Waals surface area (Å²) in [6.07, 6.45) is 0. The normalized spacial score (nSPS) is 10.8. The fraction of sp³-hybridized carbons (Fsp3) is 0.0233. The van der Waals surface area contributed by atoms with Gasteiger partial charge in [-0.2, -0.15) is 0 Å². The number of nitrogens with zero attached hydrogens (tertiary/aromatic N) is 2. The maximum Gasteiger partial charge on any atom is 0.0467 e. The molecule has 0 fully saturated rings. The van der Waals surface area contributed by atoms with Crippen LogP contribution >= 0.6 is 0 Å². The third-order valence-electron chi connectivity index (χ3n) is 8.28. The Labute approximate surface area is 266 Å². The molecule has 0 aliphatic carbocycles. The first-order chi connectivity index (χ1) is 22.2. The molecule has 7 aromatic carbocycles. The molecule has 2 nitrogen and oxygen atoms in total. The van der Waals surface area contributed by atoms with Crippen molar-refractivity contribution >= 4 is 28.4 Å². The van der Waals surface area contributed by atoms with Crippen molar-refractivity contribution in [1.29, 1.82) is 0 Å². The molecule has 0 N–H and O–H groups in total. The molecule has 0 aromatic heterocycles. The lowest BCUT2D eigenvalue weighted by molar-refractivity contribution is 1.20. The highest BCUT2D eigenvalue weighted by Crippen LogP contribution is 2.39. The van der Waals surface area contributed by atoms with Crippen molar-refractivity contribution in [2.45, 2.75) is 0 Å². The van der Waals surface area contributed by atoms with Crippen molar-refractivity contribution in [3.05, 3.63) is 188 Å². The van der Waals surface area contributed by atoms with Crippen molar-refractivity contribution in [3.8, 4) is 33.4 Å². The van der Waals surface area contributed by atoms with E-state index in [1.54, 1.807) is 0 Å². The summed E-state index contributed by atoms with van der Waals surface area (Å²) in [5.74, 6) is 0. The highest BCUT2D eigenvalue weighted by molar-refractivity contribution is 5.83. The van der Waals surface area contributed by atoms with Gasteiger partial charge in [0.2, 0.25) is 0 Å². The van der Waals surface area contributed by atoms with E-state index in [-0.39, 0.29) is 0 Å². The molecule has 0 saturated carbocycles. The van der Waals surface area contributed by atoms with Crippen molar-refractivity contribution in [1.82, 2.24) is 0 Å². The van der Waals surface area contributed by atoms with Crippen molar-refractivity contribution in [2.24, 2.45) is 0 Å². The van der Waals surface area contributed by atoms with E-state index in [0.29, 0.717) is 0 Å². The summed E-state index contributed by atoms with van der Waals surface area (Å²) in [4.78, 5) is 4.58. The molecule has 0 aliphatic heterocycles. The Hall–Kier alpha value is -5.86. The van der Waals surface area contributed by atoms with E-state index in [1.807, 2.05) is 0 Å². The zero-order valence-corrected chi connectivity index (χ0v) is 25.3. The number of benzene rings is 7. The van der Waals surface area contributed by atoms with Crippen LogP contribution in [0.2, 0.25) is 0 Å². The average molecular weight is 579 g/mol. The fourth-order valence-corrected chi connectivity index (χ4v) is 5.84. The molecule has 216 valence electrons. The molecular formula is C43H34N2. The monoisotopic (exact) mass is 578 g/mol. The van der Waals surface area contributed by atoms with Crippen LogP contribution in [0.5, 0.6) is 0 Å². The van der Waals surface area contributed by atoms with Gasteiger partial charge in [-0.1, -0.05) is 127 Å². The minimum atomic E-state index is 1.10. The molecule has 7 rings (SSSR count). The lowest BCUT2D eigenvalue weighted by Gasteiger charge is -2.27. The second kappa shape index (κ2) is 12.8. The van der Waals surface area contributed by atoms with Crippen LogP contribution in [0.15, 0.2) is 188 Å². The van der Waals surface area contributed by atoms with Gasteiger partial charge in [0, 0.05) is 35.5 Å². The lowest BCUT2D eigenvalue weighted by Crippen LogP contribution is -2.12. The Morgan fingerprint density at radius 2 is 0.600 bits per heavy atom. The summed E-state index contributed by atoms with van der Waals surface area (Å²) < 4.78 is 0. The Bertz CT molecular complexity index is 1900. The fourth-order valence-electron chi connectivity index (χ4n) is 5.84. The quantitative estimate of drug-likeness (QED) is 0.177. The van der Waals surface area contributed by atoms with Crippen LogP contribution in [-0.4, -0.2) is 7.05 Å². The molecule has 0 spiro atoms. The van der Waals surface area contributed by atoms with E-state index in [4.69, 9.17) is 0 Å². The molecule has 7 aromatic rings. The van der Waals surface area contributed by atoms with Gasteiger partial charge in [0.1, 0.15) is 0 Å². The summed E-state index contributed by atoms with van der Waals surface area (Å²) in [6.45, 7) is 0. The van der Waals surface area contributed by atoms with Crippen LogP contribution < -0.4 is 9.80 Å². The first-order valence-corrected chi connectivity index (χ1v) is 15.3. The number of hydrogen-bond donors (Lipinski definition) is 0. The molecule has 45 heavy (non-hydrogen) atoms. The van der Waals surface area contributed by atoms with Gasteiger partial charge in [0.05, 0.1) is 0 Å². The van der Waals surface area contributed by atoms with E-state index < -0.39 is 0 Å². The van der Waals surface area contributed by atoms with Gasteiger partial charge < -0.3 is 9.80 Å². The Balaban J connectivity index is 1.24. The van der Waals surface area contributed by atoms with Crippen LogP contribution in [0.3, 0.4) is 0 Å². The zero-order chi connectivity index (χ0) is 30.4. The van der Waals surface area contributed by atoms with E-state index in [1.165, 1.54) is 33.4 Å². The summed E-state index contributed by atoms with van der Waals surface area (Å²) in [6, 6.07) is 66.8. The van der Waals surface area contributed by atoms with Gasteiger partial charge >= 0.3 is 0 Å². The largest absolute Gasteiger partial charge is 0.345 e. The summed E-state index contributed by atoms with van der Waals surface area (Å²) >= 11 is 0. The van der Waals surface area contributed by atoms with Gasteiger partial charge in [-0.3, -0.25) is 0 Å². The van der Waals surface area contributed by atoms with Gasteiger partial charge in [-0.15, -0.1) is 0 Å². The standard InChI is InChI=1S/C43H34N2/c1-44(39-25-23-36(24-26-39)33-13-5-2-6-14-33)40-27-29-41(30-28-40)45(42-21-11-19-37(31-42)34-15-7-3-8-16-34)43-22-12-20-38(32-43)35-17-9-4-10-18-35/h2-32H,1H3. The number of hydrogen-bond acceptors (Lipinski definition) is 2. The first kappa shape index (κ1) is 27.9. The summed E-state index contributed by atoms with van der Waals surface area (Å²) in [5.41, 5.74) is 12.8. The molecule has 0 unspecified atom stereocenters. The second-order valence-corrected chi connectivity index (χ2v) is 11.2. The predicted molar refractivity (Wildman–Crippen MR) is 192 cm³/mol. The Morgan fingerprint density at radius 1 is 0.267 bits per heavy atom. The average Bonchev–Trinajstić information content (AvgIpc) is 3.13. The number of anilines is 5. The minimum absolute atomic E-state index is 1.10. The second-order valence-electron chi connectivity index (χ2n) is 11.2. The maximum atomic E-state index is 2.34. The van der Waals surface area contributed by atoms with Gasteiger partial charge in [0.15, 0.2) is 0 Å². The topological polar surface area (TPSA) is 6.48 Å². The van der Waals surface area contributed by atoms with E-state index >= 15 is 0 Å². The predicted octanol–water partition coefficient (Wildman–Crippen LogP) is 11.9. The van der Waals surface area contributed by atoms with Crippen LogP contribution in [0.4, 0.5) is 28.4 Å². The van der Waals surface area contributed by atoms with Crippen LogP contribution in [0.25, 0.3) is 33.4 Å². The van der Waals surface area contributed by atoms with Crippen molar-refractivity contribution < 1.29 is 0 Å². The molecule has 0 saturated heterocycles. The van der Waals surface area contributed by atoms with Gasteiger partial charge in [-0.25, -0.2) is 0 Å². The Morgan fingerprint density at radius 3 is 1.04 bits per heavy atom. The van der Waals surface area contributed by atoms with Crippen molar-refractivity contribution in [3.63, 3.8) is 0 Å². The number of rotatable bonds is 8. The maximum absolute atomic E-state index is 2.34. The van der Waals surface area contributed by atoms with Gasteiger partial charge in [0.25, 0.3) is 0 Å². The van der Waals surface area contributed by atoms with E-state index in [2.05, 4.69) is 205 Å². The third kappa shape index (κ3) is 6.13. The van der Waals surface area contributed by atoms with Crippen molar-refractivity contribution in [2.75, 3.05) is 16.8 Å². The minimum Gasteiger partial charge on any atom is -0.345 e. The molecule has 2 heteroatoms. The molecule has 0 aliphatic rings. The van der Waals surface area contributed by atoms with Crippen LogP contribution in [-0.2, 0) is 0 Å². The third-order valence-corrected chi connectivity index (χ3v) is 8.28. The highest BCUT2D eigenvalue weighted by atomic mass is 15.1. The smallest absolute Gasteiger partial charge is 0.0467 e. The summed E-state index contributed by atoms with van der Waals surface area (Å²) in [5, 5.41) is 0. The first-order valence-electron chi connectivity index (χ1n) is 15.3. The van der Waals surface area contributed by atoms with Gasteiger partial charge in [-0.05, 0) is 94.0 Å². The molecule has 0 atom stereocenters. The molecule has 0 heterocycles. The zero-order valence-electron chi connectivity index (χ0n) is 25.3. The summed E-state index contributed by atoms with van der Waals surface area (Å²) in [7, 11) is 2.12. The lowest BCUT2D eigenvalue weighted by atomic mass is 10.0. The SMILES string of the molecule is CN(c1ccc(-c2ccccc2)cc1)c1ccc(N(c2cccc(-c3ccccc3)c2)c2cccc(-c3ccccc3)c2)cc1. The Kier molecular flexibility index (Phi) is 7.94. The van der Waals surface area contributed by atoms with Crippen LogP contribution in [0, 0.1) is 0 Å². The molecule has 0 radical (unpaired) electrons. The molecule has 0 amide bonds. The molecule has 0 bridgehead atoms. The molecular weight excluding hydrogens is 544 g/mol.